The number of nitrogens with one attached hydrogen (secondary N) is 1. The number of carbonyl (C=O) groups is 1. The molecule has 0 bridgehead atoms. The molecule has 0 fully saturated rings. The molecule has 0 amide bonds. The topological polar surface area (TPSA) is 59.8 Å². The van der Waals surface area contributed by atoms with Crippen molar-refractivity contribution in [1.82, 2.24) is 14.8 Å². The highest BCUT2D eigenvalue weighted by Crippen LogP contribution is 2.43. The molecule has 5 rings (SSSR count). The van der Waals surface area contributed by atoms with Gasteiger partial charge in [0.05, 0.1) is 12.0 Å². The zero-order valence-corrected chi connectivity index (χ0v) is 15.2. The van der Waals surface area contributed by atoms with Crippen LogP contribution in [0.25, 0.3) is 0 Å². The Hall–Kier alpha value is -2.92. The molecule has 0 saturated heterocycles. The van der Waals surface area contributed by atoms with Crippen molar-refractivity contribution in [2.24, 2.45) is 5.92 Å². The van der Waals surface area contributed by atoms with E-state index in [1.807, 2.05) is 59.3 Å². The summed E-state index contributed by atoms with van der Waals surface area (Å²) in [7, 11) is 0. The molecule has 0 saturated carbocycles. The summed E-state index contributed by atoms with van der Waals surface area (Å²) >= 11 is 6.01. The van der Waals surface area contributed by atoms with Crippen molar-refractivity contribution >= 4 is 23.3 Å². The van der Waals surface area contributed by atoms with Gasteiger partial charge in [0, 0.05) is 23.1 Å². The van der Waals surface area contributed by atoms with Crippen molar-refractivity contribution in [3.63, 3.8) is 0 Å². The number of hydrogen-bond donors (Lipinski definition) is 1. The van der Waals surface area contributed by atoms with Crippen molar-refractivity contribution in [1.29, 1.82) is 0 Å². The number of allylic oxidation sites excluding steroid dienone is 2. The lowest BCUT2D eigenvalue weighted by molar-refractivity contribution is -0.123. The van der Waals surface area contributed by atoms with Crippen LogP contribution in [-0.2, 0) is 4.79 Å². The van der Waals surface area contributed by atoms with Gasteiger partial charge in [-0.05, 0) is 23.3 Å². The van der Waals surface area contributed by atoms with Gasteiger partial charge in [0.25, 0.3) is 0 Å². The molecule has 2 aliphatic rings. The number of fused-ring (bicyclic) bond motifs is 2. The van der Waals surface area contributed by atoms with Gasteiger partial charge in [-0.15, -0.1) is 0 Å². The average molecular weight is 377 g/mol. The molecule has 3 aromatic rings. The summed E-state index contributed by atoms with van der Waals surface area (Å²) in [6, 6.07) is 17.5. The van der Waals surface area contributed by atoms with E-state index in [9.17, 15) is 4.79 Å². The Morgan fingerprint density at radius 2 is 1.81 bits per heavy atom. The molecule has 27 heavy (non-hydrogen) atoms. The standard InChI is InChI=1S/C21H17ClN4O/c22-16-8-6-13(7-9-16)15-10-17-19(18(27)11-15)20(14-4-2-1-3-5-14)26-21(25-17)23-12-24-26/h1-10,12,15,19-20H,11H2,(H,23,24,25)/t15-,19+,20+/m0/s1. The normalized spacial score (nSPS) is 23.8. The van der Waals surface area contributed by atoms with Crippen molar-refractivity contribution in [3.8, 4) is 0 Å². The molecule has 0 radical (unpaired) electrons. The third-order valence-electron chi connectivity index (χ3n) is 5.33. The minimum Gasteiger partial charge on any atom is -0.328 e. The lowest BCUT2D eigenvalue weighted by Crippen LogP contribution is -2.40. The number of benzene rings is 2. The maximum atomic E-state index is 13.2. The van der Waals surface area contributed by atoms with Crippen molar-refractivity contribution in [2.75, 3.05) is 5.32 Å². The zero-order chi connectivity index (χ0) is 18.4. The van der Waals surface area contributed by atoms with E-state index in [0.717, 1.165) is 16.8 Å². The predicted molar refractivity (Wildman–Crippen MR) is 104 cm³/mol. The van der Waals surface area contributed by atoms with E-state index in [4.69, 9.17) is 11.6 Å². The van der Waals surface area contributed by atoms with Gasteiger partial charge in [-0.25, -0.2) is 4.68 Å². The summed E-state index contributed by atoms with van der Waals surface area (Å²) in [6.45, 7) is 0. The number of anilines is 1. The zero-order valence-electron chi connectivity index (χ0n) is 14.4. The van der Waals surface area contributed by atoms with Gasteiger partial charge in [-0.1, -0.05) is 60.1 Å². The first-order chi connectivity index (χ1) is 13.2. The Bertz CT molecular complexity index is 1030. The summed E-state index contributed by atoms with van der Waals surface area (Å²) in [5.41, 5.74) is 3.05. The van der Waals surface area contributed by atoms with Crippen LogP contribution in [0.15, 0.2) is 72.7 Å². The summed E-state index contributed by atoms with van der Waals surface area (Å²) in [5.74, 6) is 0.607. The van der Waals surface area contributed by atoms with E-state index in [2.05, 4.69) is 21.5 Å². The van der Waals surface area contributed by atoms with Gasteiger partial charge in [0.1, 0.15) is 12.1 Å². The Kier molecular flexibility index (Phi) is 3.83. The van der Waals surface area contributed by atoms with Crippen molar-refractivity contribution < 1.29 is 4.79 Å². The lowest BCUT2D eigenvalue weighted by atomic mass is 9.76. The van der Waals surface area contributed by atoms with Crippen LogP contribution in [-0.4, -0.2) is 20.5 Å². The Morgan fingerprint density at radius 3 is 2.59 bits per heavy atom. The number of aromatic nitrogens is 3. The van der Waals surface area contributed by atoms with E-state index in [-0.39, 0.29) is 23.7 Å². The monoisotopic (exact) mass is 376 g/mol. The molecular weight excluding hydrogens is 360 g/mol. The molecule has 2 aromatic carbocycles. The van der Waals surface area contributed by atoms with E-state index in [0.29, 0.717) is 17.4 Å². The molecule has 3 atom stereocenters. The number of rotatable bonds is 2. The predicted octanol–water partition coefficient (Wildman–Crippen LogP) is 4.20. The summed E-state index contributed by atoms with van der Waals surface area (Å²) in [4.78, 5) is 17.6. The van der Waals surface area contributed by atoms with Crippen molar-refractivity contribution in [3.05, 3.63) is 88.8 Å². The van der Waals surface area contributed by atoms with Gasteiger partial charge in [-0.3, -0.25) is 4.79 Å². The number of Topliss-reactive ketones (excluding diaryl/α,β-unsaturated/α-hetero) is 1. The maximum absolute atomic E-state index is 13.2. The number of carbonyl (C=O) groups excluding carboxylic acids is 1. The van der Waals surface area contributed by atoms with Crippen molar-refractivity contribution in [2.45, 2.75) is 18.4 Å². The number of hydrogen-bond acceptors (Lipinski definition) is 4. The molecule has 0 unspecified atom stereocenters. The SMILES string of the molecule is O=C1C[C@@H](c2ccc(Cl)cc2)C=C2Nc3ncnn3[C@H](c3ccccc3)[C@@H]12. The van der Waals surface area contributed by atoms with Crippen LogP contribution >= 0.6 is 11.6 Å². The molecule has 6 heteroatoms. The minimum atomic E-state index is -0.287. The van der Waals surface area contributed by atoms with Crippen LogP contribution < -0.4 is 5.32 Å². The molecule has 0 spiro atoms. The molecule has 1 aromatic heterocycles. The molecule has 1 aliphatic heterocycles. The first kappa shape index (κ1) is 16.3. The summed E-state index contributed by atoms with van der Waals surface area (Å²) in [5, 5.41) is 8.39. The van der Waals surface area contributed by atoms with Crippen LogP contribution in [0.4, 0.5) is 5.95 Å². The number of nitrogens with zero attached hydrogens (tertiary/aromatic N) is 3. The Balaban J connectivity index is 1.60. The Morgan fingerprint density at radius 1 is 1.04 bits per heavy atom. The summed E-state index contributed by atoms with van der Waals surface area (Å²) in [6.07, 6.45) is 4.14. The minimum absolute atomic E-state index is 0.0272. The quantitative estimate of drug-likeness (QED) is 0.728. The molecule has 5 nitrogen and oxygen atoms in total. The number of ketones is 1. The molecular formula is C21H17ClN4O. The summed E-state index contributed by atoms with van der Waals surface area (Å²) < 4.78 is 1.82. The molecule has 2 heterocycles. The van der Waals surface area contributed by atoms with E-state index in [1.54, 1.807) is 0 Å². The molecule has 1 N–H and O–H groups in total. The maximum Gasteiger partial charge on any atom is 0.226 e. The second-order valence-corrected chi connectivity index (χ2v) is 7.37. The van der Waals surface area contributed by atoms with Crippen LogP contribution in [0, 0.1) is 5.92 Å². The first-order valence-corrected chi connectivity index (χ1v) is 9.30. The fourth-order valence-corrected chi connectivity index (χ4v) is 4.21. The second kappa shape index (κ2) is 6.35. The van der Waals surface area contributed by atoms with E-state index < -0.39 is 0 Å². The van der Waals surface area contributed by atoms with Crippen LogP contribution in [0.1, 0.15) is 29.5 Å². The van der Waals surface area contributed by atoms with Crippen LogP contribution in [0.3, 0.4) is 0 Å². The highest BCUT2D eigenvalue weighted by molar-refractivity contribution is 6.30. The van der Waals surface area contributed by atoms with Gasteiger partial charge in [0.2, 0.25) is 5.95 Å². The van der Waals surface area contributed by atoms with Crippen LogP contribution in [0.2, 0.25) is 5.02 Å². The third kappa shape index (κ3) is 2.75. The fourth-order valence-electron chi connectivity index (χ4n) is 4.08. The smallest absolute Gasteiger partial charge is 0.226 e. The molecule has 1 aliphatic carbocycles. The van der Waals surface area contributed by atoms with Gasteiger partial charge in [0.15, 0.2) is 0 Å². The third-order valence-corrected chi connectivity index (χ3v) is 5.58. The van der Waals surface area contributed by atoms with E-state index in [1.165, 1.54) is 6.33 Å². The highest BCUT2D eigenvalue weighted by Gasteiger charge is 2.43. The average Bonchev–Trinajstić information content (AvgIpc) is 3.15. The lowest BCUT2D eigenvalue weighted by Gasteiger charge is -2.38. The largest absolute Gasteiger partial charge is 0.328 e. The van der Waals surface area contributed by atoms with Gasteiger partial charge in [-0.2, -0.15) is 10.1 Å². The van der Waals surface area contributed by atoms with Gasteiger partial charge >= 0.3 is 0 Å². The highest BCUT2D eigenvalue weighted by atomic mass is 35.5. The molecule has 134 valence electrons. The van der Waals surface area contributed by atoms with Gasteiger partial charge < -0.3 is 5.32 Å². The fraction of sp³-hybridized carbons (Fsp3) is 0.190. The number of halogens is 1. The van der Waals surface area contributed by atoms with E-state index >= 15 is 0 Å². The second-order valence-electron chi connectivity index (χ2n) is 6.94. The Labute approximate surface area is 161 Å². The first-order valence-electron chi connectivity index (χ1n) is 8.92. The van der Waals surface area contributed by atoms with Crippen LogP contribution in [0.5, 0.6) is 0 Å².